The Hall–Kier alpha value is -1.84. The van der Waals surface area contributed by atoms with E-state index in [1.807, 2.05) is 18.2 Å². The van der Waals surface area contributed by atoms with E-state index in [0.29, 0.717) is 12.3 Å². The van der Waals surface area contributed by atoms with Crippen LogP contribution in [0.3, 0.4) is 0 Å². The van der Waals surface area contributed by atoms with E-state index in [0.717, 1.165) is 35.4 Å². The van der Waals surface area contributed by atoms with Gasteiger partial charge in [0.05, 0.1) is 11.0 Å². The van der Waals surface area contributed by atoms with Crippen LogP contribution in [-0.2, 0) is 4.79 Å². The summed E-state index contributed by atoms with van der Waals surface area (Å²) >= 11 is 0. The molecule has 0 fully saturated rings. The van der Waals surface area contributed by atoms with Gasteiger partial charge in [0.1, 0.15) is 5.82 Å². The van der Waals surface area contributed by atoms with Gasteiger partial charge in [-0.15, -0.1) is 0 Å². The zero-order chi connectivity index (χ0) is 13.8. The number of carbonyl (C=O) groups is 1. The van der Waals surface area contributed by atoms with Crippen molar-refractivity contribution in [3.63, 3.8) is 0 Å². The molecule has 0 radical (unpaired) electrons. The molecule has 0 aliphatic heterocycles. The number of amides is 1. The molecule has 1 heterocycles. The maximum absolute atomic E-state index is 11.7. The van der Waals surface area contributed by atoms with Crippen molar-refractivity contribution in [2.75, 3.05) is 5.32 Å². The van der Waals surface area contributed by atoms with E-state index >= 15 is 0 Å². The highest BCUT2D eigenvalue weighted by Crippen LogP contribution is 2.20. The number of nitrogens with zero attached hydrogens (tertiary/aromatic N) is 1. The largest absolute Gasteiger partial charge is 0.342 e. The quantitative estimate of drug-likeness (QED) is 0.857. The van der Waals surface area contributed by atoms with Crippen molar-refractivity contribution in [2.24, 2.45) is 0 Å². The summed E-state index contributed by atoms with van der Waals surface area (Å²) in [4.78, 5) is 19.5. The van der Waals surface area contributed by atoms with Gasteiger partial charge in [0, 0.05) is 18.0 Å². The number of benzene rings is 1. The van der Waals surface area contributed by atoms with Crippen molar-refractivity contribution >= 4 is 22.6 Å². The lowest BCUT2D eigenvalue weighted by atomic mass is 10.2. The zero-order valence-corrected chi connectivity index (χ0v) is 11.8. The zero-order valence-electron chi connectivity index (χ0n) is 11.8. The van der Waals surface area contributed by atoms with E-state index < -0.39 is 0 Å². The first kappa shape index (κ1) is 13.6. The van der Waals surface area contributed by atoms with Gasteiger partial charge in [-0.2, -0.15) is 0 Å². The van der Waals surface area contributed by atoms with Crippen LogP contribution < -0.4 is 5.32 Å². The van der Waals surface area contributed by atoms with Crippen molar-refractivity contribution in [2.45, 2.75) is 46.0 Å². The van der Waals surface area contributed by atoms with Crippen molar-refractivity contribution < 1.29 is 4.79 Å². The Morgan fingerprint density at radius 2 is 2.21 bits per heavy atom. The van der Waals surface area contributed by atoms with Crippen LogP contribution in [0.2, 0.25) is 0 Å². The maximum atomic E-state index is 11.7. The molecule has 19 heavy (non-hydrogen) atoms. The molecular formula is C15H21N3O. The lowest BCUT2D eigenvalue weighted by Gasteiger charge is -2.04. The van der Waals surface area contributed by atoms with Crippen molar-refractivity contribution in [1.82, 2.24) is 9.97 Å². The van der Waals surface area contributed by atoms with Gasteiger partial charge < -0.3 is 10.3 Å². The number of aromatic nitrogens is 2. The SMILES string of the molecule is CCCCC(=O)Nc1ccc2nc(C(C)C)[nH]c2c1. The number of aromatic amines is 1. The fourth-order valence-corrected chi connectivity index (χ4v) is 1.94. The Balaban J connectivity index is 2.14. The van der Waals surface area contributed by atoms with Gasteiger partial charge in [-0.05, 0) is 24.6 Å². The highest BCUT2D eigenvalue weighted by atomic mass is 16.1. The molecule has 1 aromatic carbocycles. The van der Waals surface area contributed by atoms with E-state index in [4.69, 9.17) is 0 Å². The van der Waals surface area contributed by atoms with Crippen molar-refractivity contribution in [3.8, 4) is 0 Å². The average Bonchev–Trinajstić information content (AvgIpc) is 2.79. The topological polar surface area (TPSA) is 57.8 Å². The van der Waals surface area contributed by atoms with Gasteiger partial charge in [-0.1, -0.05) is 27.2 Å². The highest BCUT2D eigenvalue weighted by Gasteiger charge is 2.08. The molecule has 102 valence electrons. The van der Waals surface area contributed by atoms with Crippen LogP contribution in [-0.4, -0.2) is 15.9 Å². The molecule has 0 saturated heterocycles. The van der Waals surface area contributed by atoms with Crippen LogP contribution in [0.25, 0.3) is 11.0 Å². The minimum Gasteiger partial charge on any atom is -0.342 e. The summed E-state index contributed by atoms with van der Waals surface area (Å²) in [6, 6.07) is 5.78. The second kappa shape index (κ2) is 5.87. The molecule has 0 saturated carbocycles. The summed E-state index contributed by atoms with van der Waals surface area (Å²) in [5.74, 6) is 1.42. The van der Waals surface area contributed by atoms with Crippen molar-refractivity contribution in [1.29, 1.82) is 0 Å². The van der Waals surface area contributed by atoms with Crippen molar-refractivity contribution in [3.05, 3.63) is 24.0 Å². The predicted octanol–water partition coefficient (Wildman–Crippen LogP) is 3.82. The number of imidazole rings is 1. The molecule has 4 nitrogen and oxygen atoms in total. The molecule has 0 atom stereocenters. The van der Waals surface area contributed by atoms with E-state index in [-0.39, 0.29) is 5.91 Å². The number of rotatable bonds is 5. The van der Waals surface area contributed by atoms with Crippen LogP contribution >= 0.6 is 0 Å². The molecule has 4 heteroatoms. The number of nitrogens with one attached hydrogen (secondary N) is 2. The number of H-pyrrole nitrogens is 1. The van der Waals surface area contributed by atoms with E-state index in [9.17, 15) is 4.79 Å². The Bertz CT molecular complexity index is 572. The number of hydrogen-bond acceptors (Lipinski definition) is 2. The van der Waals surface area contributed by atoms with E-state index in [2.05, 4.69) is 36.1 Å². The third kappa shape index (κ3) is 3.34. The summed E-state index contributed by atoms with van der Waals surface area (Å²) in [6.07, 6.45) is 2.54. The first-order valence-electron chi connectivity index (χ1n) is 6.89. The summed E-state index contributed by atoms with van der Waals surface area (Å²) in [5.41, 5.74) is 2.74. The summed E-state index contributed by atoms with van der Waals surface area (Å²) in [7, 11) is 0. The third-order valence-corrected chi connectivity index (χ3v) is 3.09. The molecule has 0 aliphatic rings. The van der Waals surface area contributed by atoms with Gasteiger partial charge >= 0.3 is 0 Å². The first-order valence-corrected chi connectivity index (χ1v) is 6.89. The Morgan fingerprint density at radius 3 is 2.89 bits per heavy atom. The first-order chi connectivity index (χ1) is 9.10. The van der Waals surface area contributed by atoms with Crippen LogP contribution in [0, 0.1) is 0 Å². The Labute approximate surface area is 113 Å². The van der Waals surface area contributed by atoms with Crippen LogP contribution in [0.15, 0.2) is 18.2 Å². The predicted molar refractivity (Wildman–Crippen MR) is 78.3 cm³/mol. The second-order valence-corrected chi connectivity index (χ2v) is 5.16. The van der Waals surface area contributed by atoms with Gasteiger partial charge in [0.2, 0.25) is 5.91 Å². The average molecular weight is 259 g/mol. The normalized spacial score (nSPS) is 11.2. The second-order valence-electron chi connectivity index (χ2n) is 5.16. The van der Waals surface area contributed by atoms with Crippen LogP contribution in [0.1, 0.15) is 51.8 Å². The standard InChI is InChI=1S/C15H21N3O/c1-4-5-6-14(19)16-11-7-8-12-13(9-11)18-15(17-12)10(2)3/h7-10H,4-6H2,1-3H3,(H,16,19)(H,17,18). The van der Waals surface area contributed by atoms with Gasteiger partial charge in [0.15, 0.2) is 0 Å². The van der Waals surface area contributed by atoms with E-state index in [1.165, 1.54) is 0 Å². The molecule has 2 aromatic rings. The molecule has 1 amide bonds. The van der Waals surface area contributed by atoms with Crippen LogP contribution in [0.5, 0.6) is 0 Å². The van der Waals surface area contributed by atoms with E-state index in [1.54, 1.807) is 0 Å². The molecular weight excluding hydrogens is 238 g/mol. The smallest absolute Gasteiger partial charge is 0.224 e. The molecule has 2 N–H and O–H groups in total. The molecule has 1 aromatic heterocycles. The minimum absolute atomic E-state index is 0.0739. The third-order valence-electron chi connectivity index (χ3n) is 3.09. The van der Waals surface area contributed by atoms with Gasteiger partial charge in [-0.3, -0.25) is 4.79 Å². The fraction of sp³-hybridized carbons (Fsp3) is 0.467. The molecule has 0 aliphatic carbocycles. The van der Waals surface area contributed by atoms with Gasteiger partial charge in [0.25, 0.3) is 0 Å². The van der Waals surface area contributed by atoms with Crippen LogP contribution in [0.4, 0.5) is 5.69 Å². The number of hydrogen-bond donors (Lipinski definition) is 2. The molecule has 0 spiro atoms. The fourth-order valence-electron chi connectivity index (χ4n) is 1.94. The molecule has 0 unspecified atom stereocenters. The number of fused-ring (bicyclic) bond motifs is 1. The maximum Gasteiger partial charge on any atom is 0.224 e. The summed E-state index contributed by atoms with van der Waals surface area (Å²) in [6.45, 7) is 6.29. The highest BCUT2D eigenvalue weighted by molar-refractivity contribution is 5.93. The monoisotopic (exact) mass is 259 g/mol. The Kier molecular flexibility index (Phi) is 4.20. The number of unbranched alkanes of at least 4 members (excludes halogenated alkanes) is 1. The number of anilines is 1. The lowest BCUT2D eigenvalue weighted by molar-refractivity contribution is -0.116. The minimum atomic E-state index is 0.0739. The molecule has 2 rings (SSSR count). The summed E-state index contributed by atoms with van der Waals surface area (Å²) in [5, 5.41) is 2.92. The molecule has 0 bridgehead atoms. The lowest BCUT2D eigenvalue weighted by Crippen LogP contribution is -2.10. The summed E-state index contributed by atoms with van der Waals surface area (Å²) < 4.78 is 0. The number of carbonyl (C=O) groups excluding carboxylic acids is 1. The van der Waals surface area contributed by atoms with Gasteiger partial charge in [-0.25, -0.2) is 4.98 Å². The Morgan fingerprint density at radius 1 is 1.42 bits per heavy atom.